The Balaban J connectivity index is 0.909. The van der Waals surface area contributed by atoms with Crippen LogP contribution in [0.4, 0.5) is 69.3 Å². The van der Waals surface area contributed by atoms with E-state index < -0.39 is 177 Å². The lowest BCUT2D eigenvalue weighted by Gasteiger charge is -2.15. The molecule has 0 saturated heterocycles. The molecule has 1 atom stereocenters. The van der Waals surface area contributed by atoms with Crippen LogP contribution in [0.15, 0.2) is 159 Å². The smallest absolute Gasteiger partial charge is 0.337 e. The number of hydrogen-bond acceptors (Lipinski definition) is 30. The third kappa shape index (κ3) is 14.7. The molecule has 0 aliphatic carbocycles. The van der Waals surface area contributed by atoms with Crippen molar-refractivity contribution in [1.29, 1.82) is 0 Å². The molecule has 0 amide bonds. The van der Waals surface area contributed by atoms with E-state index in [4.69, 9.17) is 0 Å². The van der Waals surface area contributed by atoms with Crippen molar-refractivity contribution in [3.63, 3.8) is 0 Å². The van der Waals surface area contributed by atoms with Gasteiger partial charge in [0.15, 0.2) is 0 Å². The fraction of sp³-hybridized carbons (Fsp3) is 0. The van der Waals surface area contributed by atoms with Crippen molar-refractivity contribution in [3.8, 4) is 12.0 Å². The normalized spacial score (nSPS) is 12.8. The summed E-state index contributed by atoms with van der Waals surface area (Å²) in [6.07, 6.45) is 0. The third-order valence-corrected chi connectivity index (χ3v) is 16.7. The van der Waals surface area contributed by atoms with Crippen LogP contribution in [0.5, 0.6) is 12.0 Å². The number of hydrogen-bond donors (Lipinski definition) is 13. The molecule has 43 heteroatoms. The number of carbonyl (C=O) groups is 2. The second-order valence-electron chi connectivity index (χ2n) is 17.6. The molecule has 0 aliphatic heterocycles. The van der Waals surface area contributed by atoms with Gasteiger partial charge >= 0.3 is 24.0 Å². The summed E-state index contributed by atoms with van der Waals surface area (Å²) in [7, 11) is -26.1. The summed E-state index contributed by atoms with van der Waals surface area (Å²) in [4.78, 5) is 42.3. The summed E-state index contributed by atoms with van der Waals surface area (Å²) in [5.74, 6) is -5.14. The van der Waals surface area contributed by atoms with Crippen molar-refractivity contribution in [2.24, 2.45) is 20.5 Å². The topological polar surface area (TPSA) is 602 Å². The lowest BCUT2D eigenvalue weighted by Crippen LogP contribution is -2.12. The van der Waals surface area contributed by atoms with E-state index in [0.717, 1.165) is 36.4 Å². The van der Waals surface area contributed by atoms with Crippen molar-refractivity contribution in [3.05, 3.63) is 120 Å². The quantitative estimate of drug-likeness (QED) is 0.0221. The van der Waals surface area contributed by atoms with Crippen molar-refractivity contribution >= 4 is 164 Å². The zero-order valence-electron chi connectivity index (χ0n) is 43.1. The number of carboxylic acid groups (broad SMARTS) is 2. The molecule has 460 valence electrons. The number of nitrogens with zero attached hydrogens (tertiary/aromatic N) is 10. The third-order valence-electron chi connectivity index (χ3n) is 11.7. The Hall–Kier alpha value is -10.3. The minimum atomic E-state index is -5.31. The predicted molar refractivity (Wildman–Crippen MR) is 302 cm³/mol. The molecule has 37 nitrogen and oxygen atoms in total. The van der Waals surface area contributed by atoms with Gasteiger partial charge in [-0.3, -0.25) is 27.0 Å². The molecule has 0 radical (unpaired) electrons. The van der Waals surface area contributed by atoms with Gasteiger partial charge in [-0.25, -0.2) is 9.59 Å². The molecule has 0 aliphatic rings. The van der Waals surface area contributed by atoms with Crippen LogP contribution in [-0.4, -0.2) is 136 Å². The zero-order chi connectivity index (χ0) is 64.9. The number of aromatic nitrogens is 6. The highest BCUT2D eigenvalue weighted by atomic mass is 32.2. The highest BCUT2D eigenvalue weighted by Crippen LogP contribution is 2.39. The molecule has 0 spiro atoms. The Bertz CT molecular complexity index is 5190. The maximum Gasteiger partial charge on any atom is 0.337 e. The Morgan fingerprint density at radius 2 is 0.730 bits per heavy atom. The van der Waals surface area contributed by atoms with Crippen LogP contribution >= 0.6 is 0 Å². The molecular weight excluding hydrogens is 1310 g/mol. The largest absolute Gasteiger partial charge is 0.768 e. The van der Waals surface area contributed by atoms with Crippen molar-refractivity contribution < 1.29 is 104 Å². The van der Waals surface area contributed by atoms with E-state index in [0.29, 0.717) is 24.3 Å². The first-order valence-corrected chi connectivity index (χ1v) is 31.6. The van der Waals surface area contributed by atoms with Crippen molar-refractivity contribution in [2.45, 2.75) is 29.4 Å². The fourth-order valence-corrected chi connectivity index (χ4v) is 12.0. The van der Waals surface area contributed by atoms with Gasteiger partial charge in [-0.2, -0.15) is 92.4 Å². The van der Waals surface area contributed by atoms with E-state index >= 15 is 0 Å². The van der Waals surface area contributed by atoms with E-state index in [9.17, 15) is 104 Å². The first-order chi connectivity index (χ1) is 41.5. The Morgan fingerprint density at radius 1 is 0.404 bits per heavy atom. The average Bonchev–Trinajstić information content (AvgIpc) is 0.773. The number of aromatic hydroxyl groups is 2. The molecular formula is C46H31N14O23S6-. The Labute approximate surface area is 498 Å². The summed E-state index contributed by atoms with van der Waals surface area (Å²) in [6.45, 7) is 0. The maximum atomic E-state index is 12.6. The molecule has 0 fully saturated rings. The van der Waals surface area contributed by atoms with Gasteiger partial charge in [-0.1, -0.05) is 0 Å². The summed E-state index contributed by atoms with van der Waals surface area (Å²) in [5.41, 5.74) is -2.54. The van der Waals surface area contributed by atoms with E-state index in [1.165, 1.54) is 48.5 Å². The van der Waals surface area contributed by atoms with Crippen molar-refractivity contribution in [1.82, 2.24) is 29.9 Å². The minimum absolute atomic E-state index is 0.0316. The zero-order valence-corrected chi connectivity index (χ0v) is 48.0. The van der Waals surface area contributed by atoms with Crippen molar-refractivity contribution in [2.75, 3.05) is 21.3 Å². The molecule has 2 aromatic heterocycles. The predicted octanol–water partition coefficient (Wildman–Crippen LogP) is 6.45. The number of benzene rings is 7. The van der Waals surface area contributed by atoms with Gasteiger partial charge in [0.05, 0.1) is 50.1 Å². The molecule has 9 aromatic rings. The number of nitrogens with one attached hydrogen (secondary N) is 4. The molecule has 1 unspecified atom stereocenters. The molecule has 2 heterocycles. The van der Waals surface area contributed by atoms with Gasteiger partial charge in [0.2, 0.25) is 23.8 Å². The lowest BCUT2D eigenvalue weighted by molar-refractivity contribution is 0.0683. The molecule has 0 saturated carbocycles. The van der Waals surface area contributed by atoms with Gasteiger partial charge < -0.3 is 46.2 Å². The first-order valence-electron chi connectivity index (χ1n) is 23.3. The summed E-state index contributed by atoms with van der Waals surface area (Å²) in [6, 6.07) is 16.0. The van der Waals surface area contributed by atoms with Gasteiger partial charge in [0, 0.05) is 37.8 Å². The summed E-state index contributed by atoms with van der Waals surface area (Å²) >= 11 is -3.11. The van der Waals surface area contributed by atoms with Gasteiger partial charge in [0.25, 0.3) is 50.6 Å². The Kier molecular flexibility index (Phi) is 16.9. The van der Waals surface area contributed by atoms with Gasteiger partial charge in [-0.05, 0) is 120 Å². The second kappa shape index (κ2) is 23.7. The molecule has 7 aromatic carbocycles. The van der Waals surface area contributed by atoms with E-state index in [1.807, 2.05) is 0 Å². The van der Waals surface area contributed by atoms with Crippen LogP contribution < -0.4 is 21.3 Å². The number of anilines is 8. The lowest BCUT2D eigenvalue weighted by atomic mass is 10.1. The SMILES string of the molecule is O=C(O)c1cc(Nc2nc(O)nc(Nc3ccc(N=Nc4cc(S(=O)(=O)O)c5cc(S(=O)(=O)O)cc(S(=O)(=O)O)c5c4)cc3)n2)c(C(=O)O)cc1Nc1nc(O)nc(Nc2ccc(N=Nc3cc(S(=O)(=O)O)c4cc(S(=O)[O-])cc(S(=O)(=O)O)c4c3)cc2)n1. The monoisotopic (exact) mass is 1340 g/mol. The molecule has 89 heavy (non-hydrogen) atoms. The van der Waals surface area contributed by atoms with Crippen LogP contribution in [0, 0.1) is 0 Å². The molecule has 0 bridgehead atoms. The summed E-state index contributed by atoms with van der Waals surface area (Å²) in [5, 5.41) is 64.9. The van der Waals surface area contributed by atoms with Crippen LogP contribution in [0.3, 0.4) is 0 Å². The van der Waals surface area contributed by atoms with E-state index in [-0.39, 0.29) is 40.3 Å². The van der Waals surface area contributed by atoms with Crippen LogP contribution in [-0.2, 0) is 61.7 Å². The molecule has 9 rings (SSSR count). The first kappa shape index (κ1) is 63.2. The highest BCUT2D eigenvalue weighted by molar-refractivity contribution is 7.87. The van der Waals surface area contributed by atoms with Gasteiger partial charge in [-0.15, -0.1) is 0 Å². The fourth-order valence-electron chi connectivity index (χ4n) is 7.99. The van der Waals surface area contributed by atoms with Gasteiger partial charge in [0.1, 0.15) is 19.6 Å². The number of rotatable bonds is 20. The number of carboxylic acids is 2. The Morgan fingerprint density at radius 3 is 1.08 bits per heavy atom. The minimum Gasteiger partial charge on any atom is -0.768 e. The standard InChI is InChI=1S/C46H32N14O23S6/c61-39(62)31-18-34(50-44-52-42(54-46(66)56-44)48-20-3-7-22(8-4-20)58-60-24-10-28-30(36(12-24)87(75,76)77)15-26(85(69,70)71)16-38(28)89(81,82)83)32(40(63)64)17-33(31)49-43-51-41(53-45(65)55-43)47-19-1-5-21(6-2-19)57-59-23-9-27-29(35(11-23)86(72,73)74)13-25(84(67)68)14-37(27)88(78,79)80/h1-18H,(H,61,62)(H,63,64)(H,67,68)(H,69,70,71)(H,72,73,74)(H,75,76,77)(H,78,79,80)(H,81,82,83)(H3,47,49,51,53,55,65)(H3,48,50,52,54,56,66)/p-1. The maximum absolute atomic E-state index is 12.6. The molecule has 13 N–H and O–H groups in total. The van der Waals surface area contributed by atoms with Crippen LogP contribution in [0.2, 0.25) is 0 Å². The van der Waals surface area contributed by atoms with Crippen LogP contribution in [0.1, 0.15) is 20.7 Å². The second-order valence-corrected chi connectivity index (χ2v) is 25.6. The van der Waals surface area contributed by atoms with E-state index in [1.54, 1.807) is 0 Å². The van der Waals surface area contributed by atoms with Crippen LogP contribution in [0.25, 0.3) is 21.5 Å². The number of azo groups is 2. The average molecular weight is 1340 g/mol. The highest BCUT2D eigenvalue weighted by Gasteiger charge is 2.28. The van der Waals surface area contributed by atoms with E-state index in [2.05, 4.69) is 71.6 Å². The summed E-state index contributed by atoms with van der Waals surface area (Å²) < 4.78 is 194. The number of fused-ring (bicyclic) bond motifs is 2. The number of aromatic carboxylic acids is 2.